The van der Waals surface area contributed by atoms with E-state index in [-0.39, 0.29) is 23.3 Å². The summed E-state index contributed by atoms with van der Waals surface area (Å²) in [6.07, 6.45) is 0.260. The van der Waals surface area contributed by atoms with Gasteiger partial charge in [-0.05, 0) is 48.4 Å². The van der Waals surface area contributed by atoms with Crippen LogP contribution in [0.3, 0.4) is 0 Å². The zero-order valence-corrected chi connectivity index (χ0v) is 17.7. The van der Waals surface area contributed by atoms with Crippen LogP contribution in [0.15, 0.2) is 77.9 Å². The Balaban J connectivity index is 1.59. The normalized spacial score (nSPS) is 11.1. The average Bonchev–Trinajstić information content (AvgIpc) is 2.73. The van der Waals surface area contributed by atoms with Crippen LogP contribution in [0, 0.1) is 0 Å². The number of amides is 2. The van der Waals surface area contributed by atoms with Crippen molar-refractivity contribution in [1.82, 2.24) is 5.43 Å². The number of hydrogen-bond donors (Lipinski definition) is 2. The van der Waals surface area contributed by atoms with Gasteiger partial charge in [-0.15, -0.1) is 0 Å². The Morgan fingerprint density at radius 2 is 1.63 bits per heavy atom. The van der Waals surface area contributed by atoms with Crippen molar-refractivity contribution in [3.05, 3.63) is 99.5 Å². The van der Waals surface area contributed by atoms with Gasteiger partial charge >= 0.3 is 0 Å². The van der Waals surface area contributed by atoms with Crippen molar-refractivity contribution in [2.24, 2.45) is 5.10 Å². The predicted octanol–water partition coefficient (Wildman–Crippen LogP) is 5.33. The predicted molar refractivity (Wildman–Crippen MR) is 121 cm³/mol. The molecule has 0 saturated carbocycles. The molecule has 7 heteroatoms. The maximum absolute atomic E-state index is 12.4. The maximum atomic E-state index is 12.4. The van der Waals surface area contributed by atoms with Gasteiger partial charge < -0.3 is 5.32 Å². The number of hydrazone groups is 1. The molecule has 0 aromatic heterocycles. The van der Waals surface area contributed by atoms with Gasteiger partial charge in [-0.1, -0.05) is 65.7 Å². The molecular formula is C23H19Cl2N3O2. The molecule has 0 atom stereocenters. The molecule has 0 spiro atoms. The molecule has 30 heavy (non-hydrogen) atoms. The minimum atomic E-state index is -0.331. The fourth-order valence-electron chi connectivity index (χ4n) is 2.70. The van der Waals surface area contributed by atoms with Gasteiger partial charge in [-0.3, -0.25) is 9.59 Å². The monoisotopic (exact) mass is 439 g/mol. The van der Waals surface area contributed by atoms with E-state index in [4.69, 9.17) is 23.2 Å². The number of rotatable bonds is 6. The van der Waals surface area contributed by atoms with Crippen molar-refractivity contribution in [3.8, 4) is 0 Å². The van der Waals surface area contributed by atoms with Crippen molar-refractivity contribution < 1.29 is 9.59 Å². The number of benzene rings is 3. The van der Waals surface area contributed by atoms with Crippen LogP contribution in [0.2, 0.25) is 10.0 Å². The molecule has 0 bridgehead atoms. The molecule has 5 nitrogen and oxygen atoms in total. The van der Waals surface area contributed by atoms with Gasteiger partial charge in [0.15, 0.2) is 0 Å². The molecule has 2 N–H and O–H groups in total. The van der Waals surface area contributed by atoms with E-state index in [0.717, 1.165) is 11.1 Å². The number of carbonyl (C=O) groups is 2. The van der Waals surface area contributed by atoms with E-state index >= 15 is 0 Å². The third kappa shape index (κ3) is 5.92. The summed E-state index contributed by atoms with van der Waals surface area (Å²) < 4.78 is 0. The van der Waals surface area contributed by atoms with Gasteiger partial charge in [0.2, 0.25) is 5.91 Å². The first-order chi connectivity index (χ1) is 14.4. The molecule has 0 aliphatic heterocycles. The first-order valence-corrected chi connectivity index (χ1v) is 9.92. The molecule has 0 aliphatic carbocycles. The fraction of sp³-hybridized carbons (Fsp3) is 0.0870. The Hall–Kier alpha value is -3.15. The lowest BCUT2D eigenvalue weighted by atomic mass is 10.1. The maximum Gasteiger partial charge on any atom is 0.257 e. The van der Waals surface area contributed by atoms with Crippen molar-refractivity contribution in [3.63, 3.8) is 0 Å². The summed E-state index contributed by atoms with van der Waals surface area (Å²) in [7, 11) is 0. The first-order valence-electron chi connectivity index (χ1n) is 9.16. The Morgan fingerprint density at radius 3 is 2.30 bits per heavy atom. The molecule has 0 radical (unpaired) electrons. The second-order valence-corrected chi connectivity index (χ2v) is 7.39. The number of nitrogens with zero attached hydrogens (tertiary/aromatic N) is 1. The van der Waals surface area contributed by atoms with Crippen molar-refractivity contribution in [2.75, 3.05) is 5.32 Å². The summed E-state index contributed by atoms with van der Waals surface area (Å²) in [4.78, 5) is 24.4. The number of anilines is 1. The van der Waals surface area contributed by atoms with E-state index in [1.165, 1.54) is 6.07 Å². The van der Waals surface area contributed by atoms with Crippen LogP contribution in [-0.4, -0.2) is 17.5 Å². The van der Waals surface area contributed by atoms with Gasteiger partial charge in [0.1, 0.15) is 0 Å². The quantitative estimate of drug-likeness (QED) is 0.402. The van der Waals surface area contributed by atoms with Crippen molar-refractivity contribution in [2.45, 2.75) is 13.3 Å². The van der Waals surface area contributed by atoms with Gasteiger partial charge in [-0.25, -0.2) is 5.43 Å². The van der Waals surface area contributed by atoms with Crippen LogP contribution in [0.5, 0.6) is 0 Å². The van der Waals surface area contributed by atoms with Gasteiger partial charge in [0, 0.05) is 10.7 Å². The van der Waals surface area contributed by atoms with Crippen molar-refractivity contribution in [1.29, 1.82) is 0 Å². The van der Waals surface area contributed by atoms with Gasteiger partial charge in [0.25, 0.3) is 5.91 Å². The molecule has 0 saturated heterocycles. The third-order valence-electron chi connectivity index (χ3n) is 4.29. The molecule has 3 aromatic carbocycles. The molecule has 3 aromatic rings. The number of halogens is 2. The molecule has 0 fully saturated rings. The highest BCUT2D eigenvalue weighted by Gasteiger charge is 2.11. The molecule has 2 amide bonds. The summed E-state index contributed by atoms with van der Waals surface area (Å²) in [5, 5.41) is 7.68. The van der Waals surface area contributed by atoms with Gasteiger partial charge in [0.05, 0.1) is 22.7 Å². The highest BCUT2D eigenvalue weighted by molar-refractivity contribution is 6.37. The van der Waals surface area contributed by atoms with Crippen LogP contribution < -0.4 is 10.7 Å². The number of nitrogens with one attached hydrogen (secondary N) is 2. The molecule has 0 aliphatic rings. The largest absolute Gasteiger partial charge is 0.322 e. The van der Waals surface area contributed by atoms with Crippen LogP contribution in [0.25, 0.3) is 0 Å². The molecular weight excluding hydrogens is 421 g/mol. The van der Waals surface area contributed by atoms with Crippen molar-refractivity contribution >= 4 is 46.4 Å². The summed E-state index contributed by atoms with van der Waals surface area (Å²) in [6, 6.07) is 21.3. The Kier molecular flexibility index (Phi) is 7.22. The molecule has 0 unspecified atom stereocenters. The highest BCUT2D eigenvalue weighted by Crippen LogP contribution is 2.22. The minimum absolute atomic E-state index is 0.190. The lowest BCUT2D eigenvalue weighted by Gasteiger charge is -2.08. The number of carbonyl (C=O) groups excluding carboxylic acids is 2. The lowest BCUT2D eigenvalue weighted by molar-refractivity contribution is -0.120. The second kappa shape index (κ2) is 10.1. The van der Waals surface area contributed by atoms with Crippen LogP contribution in [-0.2, 0) is 11.2 Å². The molecule has 0 heterocycles. The van der Waals surface area contributed by atoms with E-state index in [9.17, 15) is 9.59 Å². The SMILES string of the molecule is C/C(=N/NC(=O)Cc1ccccc1)c1ccc(NC(=O)c2ccc(Cl)cc2Cl)cc1. The zero-order valence-electron chi connectivity index (χ0n) is 16.2. The Bertz CT molecular complexity index is 1080. The average molecular weight is 440 g/mol. The van der Waals surface area contributed by atoms with E-state index in [0.29, 0.717) is 22.0 Å². The summed E-state index contributed by atoms with van der Waals surface area (Å²) in [5.74, 6) is -0.521. The smallest absolute Gasteiger partial charge is 0.257 e. The van der Waals surface area contributed by atoms with Gasteiger partial charge in [-0.2, -0.15) is 5.10 Å². The molecule has 3 rings (SSSR count). The first kappa shape index (κ1) is 21.6. The molecule has 152 valence electrons. The summed E-state index contributed by atoms with van der Waals surface area (Å²) >= 11 is 11.9. The topological polar surface area (TPSA) is 70.6 Å². The number of hydrogen-bond acceptors (Lipinski definition) is 3. The highest BCUT2D eigenvalue weighted by atomic mass is 35.5. The summed E-state index contributed by atoms with van der Waals surface area (Å²) in [6.45, 7) is 1.80. The van der Waals surface area contributed by atoms with E-state index < -0.39 is 0 Å². The Labute approximate surface area is 184 Å². The summed E-state index contributed by atoms with van der Waals surface area (Å²) in [5.41, 5.74) is 5.89. The zero-order chi connectivity index (χ0) is 21.5. The van der Waals surface area contributed by atoms with Crippen LogP contribution in [0.4, 0.5) is 5.69 Å². The van der Waals surface area contributed by atoms with E-state index in [1.807, 2.05) is 30.3 Å². The van der Waals surface area contributed by atoms with Crippen LogP contribution in [0.1, 0.15) is 28.4 Å². The fourth-order valence-corrected chi connectivity index (χ4v) is 3.19. The van der Waals surface area contributed by atoms with E-state index in [1.54, 1.807) is 43.3 Å². The second-order valence-electron chi connectivity index (χ2n) is 6.55. The minimum Gasteiger partial charge on any atom is -0.322 e. The van der Waals surface area contributed by atoms with Crippen LogP contribution >= 0.6 is 23.2 Å². The third-order valence-corrected chi connectivity index (χ3v) is 4.84. The van der Waals surface area contributed by atoms with E-state index in [2.05, 4.69) is 15.8 Å². The lowest BCUT2D eigenvalue weighted by Crippen LogP contribution is -2.21. The standard InChI is InChI=1S/C23H19Cl2N3O2/c1-15(27-28-22(29)13-16-5-3-2-4-6-16)17-7-10-19(11-8-17)26-23(30)20-12-9-18(24)14-21(20)25/h2-12,14H,13H2,1H3,(H,26,30)(H,28,29)/b27-15-. The Morgan fingerprint density at radius 1 is 0.933 bits per heavy atom.